The molecule has 2 aromatic heterocycles. The van der Waals surface area contributed by atoms with Crippen molar-refractivity contribution in [1.29, 1.82) is 0 Å². The lowest BCUT2D eigenvalue weighted by Gasteiger charge is -2.04. The molecule has 0 bridgehead atoms. The molecule has 0 amide bonds. The fraction of sp³-hybridized carbons (Fsp3) is 0.111. The summed E-state index contributed by atoms with van der Waals surface area (Å²) in [5.41, 5.74) is 2.35. The quantitative estimate of drug-likeness (QED) is 0.539. The zero-order valence-electron chi connectivity index (χ0n) is 13.8. The van der Waals surface area contributed by atoms with Crippen molar-refractivity contribution in [3.05, 3.63) is 65.4 Å². The Labute approximate surface area is 152 Å². The van der Waals surface area contributed by atoms with E-state index in [2.05, 4.69) is 20.4 Å². The first-order chi connectivity index (χ1) is 12.7. The van der Waals surface area contributed by atoms with Gasteiger partial charge < -0.3 is 4.74 Å². The Balaban J connectivity index is 1.55. The molecular weight excluding hydrogens is 353 g/mol. The summed E-state index contributed by atoms with van der Waals surface area (Å²) in [7, 11) is 1.64. The first-order valence-corrected chi connectivity index (χ1v) is 8.72. The summed E-state index contributed by atoms with van der Waals surface area (Å²) in [4.78, 5) is 6.08. The molecule has 8 heteroatoms. The number of halogens is 1. The van der Waals surface area contributed by atoms with Crippen molar-refractivity contribution >= 4 is 11.3 Å². The molecule has 0 atom stereocenters. The first kappa shape index (κ1) is 16.3. The van der Waals surface area contributed by atoms with Crippen molar-refractivity contribution in [3.8, 4) is 27.7 Å². The van der Waals surface area contributed by atoms with Crippen LogP contribution in [0.25, 0.3) is 22.0 Å². The number of hydrogen-bond donors (Lipinski definition) is 0. The van der Waals surface area contributed by atoms with Gasteiger partial charge in [-0.05, 0) is 29.5 Å². The Bertz CT molecular complexity index is 1050. The molecule has 0 aliphatic carbocycles. The van der Waals surface area contributed by atoms with Crippen molar-refractivity contribution in [2.75, 3.05) is 7.11 Å². The van der Waals surface area contributed by atoms with E-state index in [9.17, 15) is 4.39 Å². The Kier molecular flexibility index (Phi) is 4.40. The Morgan fingerprint density at radius 1 is 1.15 bits per heavy atom. The van der Waals surface area contributed by atoms with E-state index in [1.165, 1.54) is 28.3 Å². The van der Waals surface area contributed by atoms with Crippen LogP contribution in [0.3, 0.4) is 0 Å². The largest absolute Gasteiger partial charge is 0.496 e. The van der Waals surface area contributed by atoms with Gasteiger partial charge in [-0.25, -0.2) is 9.37 Å². The minimum atomic E-state index is -0.334. The fourth-order valence-electron chi connectivity index (χ4n) is 2.52. The van der Waals surface area contributed by atoms with Gasteiger partial charge in [-0.3, -0.25) is 0 Å². The lowest BCUT2D eigenvalue weighted by Crippen LogP contribution is -2.04. The maximum absolute atomic E-state index is 13.3. The van der Waals surface area contributed by atoms with E-state index in [0.717, 1.165) is 22.0 Å². The molecule has 26 heavy (non-hydrogen) atoms. The van der Waals surface area contributed by atoms with E-state index in [1.54, 1.807) is 19.2 Å². The topological polar surface area (TPSA) is 65.7 Å². The number of hydrogen-bond acceptors (Lipinski definition) is 6. The lowest BCUT2D eigenvalue weighted by atomic mass is 10.2. The molecule has 0 fully saturated rings. The molecule has 130 valence electrons. The van der Waals surface area contributed by atoms with Crippen molar-refractivity contribution in [2.24, 2.45) is 0 Å². The highest BCUT2D eigenvalue weighted by atomic mass is 32.1. The van der Waals surface area contributed by atoms with Crippen molar-refractivity contribution < 1.29 is 9.13 Å². The molecular formula is C18H14FN5OS. The van der Waals surface area contributed by atoms with Gasteiger partial charge in [0.1, 0.15) is 23.1 Å². The molecule has 0 radical (unpaired) electrons. The number of tetrazole rings is 1. The van der Waals surface area contributed by atoms with Gasteiger partial charge in [0.15, 0.2) is 0 Å². The van der Waals surface area contributed by atoms with Crippen LogP contribution in [0.5, 0.6) is 5.75 Å². The van der Waals surface area contributed by atoms with Gasteiger partial charge in [-0.2, -0.15) is 4.80 Å². The predicted molar refractivity (Wildman–Crippen MR) is 96.4 cm³/mol. The van der Waals surface area contributed by atoms with Crippen LogP contribution in [-0.2, 0) is 6.54 Å². The highest BCUT2D eigenvalue weighted by Gasteiger charge is 2.12. The van der Waals surface area contributed by atoms with E-state index < -0.39 is 0 Å². The van der Waals surface area contributed by atoms with Gasteiger partial charge in [-0.15, -0.1) is 21.5 Å². The van der Waals surface area contributed by atoms with Crippen LogP contribution in [0.4, 0.5) is 4.39 Å². The van der Waals surface area contributed by atoms with Crippen LogP contribution in [0.1, 0.15) is 5.69 Å². The monoisotopic (exact) mass is 367 g/mol. The number of thiazole rings is 1. The summed E-state index contributed by atoms with van der Waals surface area (Å²) in [5.74, 6) is 0.824. The summed E-state index contributed by atoms with van der Waals surface area (Å²) in [6, 6.07) is 13.9. The van der Waals surface area contributed by atoms with Crippen molar-refractivity contribution in [1.82, 2.24) is 25.2 Å². The van der Waals surface area contributed by atoms with Crippen LogP contribution in [0.15, 0.2) is 53.9 Å². The Morgan fingerprint density at radius 2 is 2.04 bits per heavy atom. The molecule has 0 N–H and O–H groups in total. The van der Waals surface area contributed by atoms with E-state index in [0.29, 0.717) is 17.9 Å². The highest BCUT2D eigenvalue weighted by molar-refractivity contribution is 7.13. The van der Waals surface area contributed by atoms with E-state index in [4.69, 9.17) is 4.74 Å². The zero-order valence-corrected chi connectivity index (χ0v) is 14.7. The molecule has 4 aromatic rings. The molecule has 0 aliphatic rings. The third-order valence-electron chi connectivity index (χ3n) is 3.73. The van der Waals surface area contributed by atoms with Crippen molar-refractivity contribution in [3.63, 3.8) is 0 Å². The molecule has 0 unspecified atom stereocenters. The average Bonchev–Trinajstić information content (AvgIpc) is 3.32. The number of methoxy groups -OCH3 is 1. The second kappa shape index (κ2) is 7.01. The van der Waals surface area contributed by atoms with Gasteiger partial charge in [0.2, 0.25) is 5.82 Å². The summed E-state index contributed by atoms with van der Waals surface area (Å²) < 4.78 is 18.7. The average molecular weight is 367 g/mol. The summed E-state index contributed by atoms with van der Waals surface area (Å²) in [6.07, 6.45) is 0. The Morgan fingerprint density at radius 3 is 2.88 bits per heavy atom. The zero-order chi connectivity index (χ0) is 17.9. The van der Waals surface area contributed by atoms with Gasteiger partial charge in [-0.1, -0.05) is 24.3 Å². The third-order valence-corrected chi connectivity index (χ3v) is 4.65. The maximum atomic E-state index is 13.3. The highest BCUT2D eigenvalue weighted by Crippen LogP contribution is 2.31. The Hall–Kier alpha value is -3.13. The molecule has 2 aromatic carbocycles. The van der Waals surface area contributed by atoms with Crippen LogP contribution in [0.2, 0.25) is 0 Å². The van der Waals surface area contributed by atoms with Gasteiger partial charge in [0, 0.05) is 10.9 Å². The smallest absolute Gasteiger partial charge is 0.205 e. The number of ether oxygens (including phenoxy) is 1. The van der Waals surface area contributed by atoms with Gasteiger partial charge in [0.25, 0.3) is 0 Å². The fourth-order valence-corrected chi connectivity index (χ4v) is 3.36. The van der Waals surface area contributed by atoms with Crippen LogP contribution >= 0.6 is 11.3 Å². The second-order valence-electron chi connectivity index (χ2n) is 5.50. The predicted octanol–water partition coefficient (Wildman–Crippen LogP) is 3.66. The standard InChI is InChI=1S/C18H14FN5OS/c1-25-16-8-3-2-7-15(16)18-20-14(11-26-18)10-24-22-17(21-23-24)12-5-4-6-13(19)9-12/h2-9,11H,10H2,1H3. The van der Waals surface area contributed by atoms with Crippen LogP contribution in [-0.4, -0.2) is 32.3 Å². The molecule has 0 saturated carbocycles. The number of rotatable bonds is 5. The molecule has 4 rings (SSSR count). The summed E-state index contributed by atoms with van der Waals surface area (Å²) >= 11 is 1.53. The minimum Gasteiger partial charge on any atom is -0.496 e. The number of para-hydroxylation sites is 1. The maximum Gasteiger partial charge on any atom is 0.205 e. The molecule has 0 spiro atoms. The first-order valence-electron chi connectivity index (χ1n) is 7.84. The minimum absolute atomic E-state index is 0.334. The van der Waals surface area contributed by atoms with Crippen LogP contribution < -0.4 is 4.74 Å². The SMILES string of the molecule is COc1ccccc1-c1nc(Cn2nnc(-c3cccc(F)c3)n2)cs1. The number of benzene rings is 2. The second-order valence-corrected chi connectivity index (χ2v) is 6.36. The van der Waals surface area contributed by atoms with E-state index in [-0.39, 0.29) is 5.82 Å². The molecule has 2 heterocycles. The normalized spacial score (nSPS) is 10.8. The molecule has 6 nitrogen and oxygen atoms in total. The third kappa shape index (κ3) is 3.31. The molecule has 0 saturated heterocycles. The van der Waals surface area contributed by atoms with E-state index >= 15 is 0 Å². The van der Waals surface area contributed by atoms with Gasteiger partial charge >= 0.3 is 0 Å². The van der Waals surface area contributed by atoms with Crippen LogP contribution in [0, 0.1) is 5.82 Å². The number of aromatic nitrogens is 5. The lowest BCUT2D eigenvalue weighted by molar-refractivity contribution is 0.416. The van der Waals surface area contributed by atoms with Crippen molar-refractivity contribution in [2.45, 2.75) is 6.54 Å². The summed E-state index contributed by atoms with van der Waals surface area (Å²) in [5, 5.41) is 15.1. The molecule has 0 aliphatic heterocycles. The van der Waals surface area contributed by atoms with E-state index in [1.807, 2.05) is 29.6 Å². The summed E-state index contributed by atoms with van der Waals surface area (Å²) in [6.45, 7) is 0.383. The number of nitrogens with zero attached hydrogens (tertiary/aromatic N) is 5. The van der Waals surface area contributed by atoms with Gasteiger partial charge in [0.05, 0.1) is 18.4 Å².